The van der Waals surface area contributed by atoms with Gasteiger partial charge in [0.05, 0.1) is 18.3 Å². The molecule has 1 aromatic heterocycles. The number of H-pyrrole nitrogens is 1. The Labute approximate surface area is 124 Å². The van der Waals surface area contributed by atoms with Crippen LogP contribution in [0, 0.1) is 0 Å². The Morgan fingerprint density at radius 2 is 2.19 bits per heavy atom. The number of carbonyl (C=O) groups excluding carboxylic acids is 1. The first-order valence-electron chi connectivity index (χ1n) is 7.37. The molecule has 2 aromatic rings. The van der Waals surface area contributed by atoms with Crippen LogP contribution in [-0.4, -0.2) is 33.6 Å². The van der Waals surface area contributed by atoms with Gasteiger partial charge in [0.25, 0.3) is 0 Å². The van der Waals surface area contributed by atoms with E-state index in [0.29, 0.717) is 6.54 Å². The maximum Gasteiger partial charge on any atom is 0.237 e. The van der Waals surface area contributed by atoms with Gasteiger partial charge in [-0.05, 0) is 31.0 Å². The van der Waals surface area contributed by atoms with Crippen molar-refractivity contribution in [2.75, 3.05) is 6.54 Å². The minimum atomic E-state index is -0.0203. The second-order valence-electron chi connectivity index (χ2n) is 5.41. The first-order valence-corrected chi connectivity index (χ1v) is 7.37. The molecule has 1 aromatic carbocycles. The molecule has 1 aliphatic rings. The van der Waals surface area contributed by atoms with Crippen molar-refractivity contribution in [2.45, 2.75) is 32.0 Å². The Morgan fingerprint density at radius 1 is 1.33 bits per heavy atom. The SMILES string of the molecule is O=C(NCc1ccn[nH]1)[C@@H]1CCCN1Cc1ccccc1. The van der Waals surface area contributed by atoms with Crippen LogP contribution in [0.25, 0.3) is 0 Å². The minimum absolute atomic E-state index is 0.0203. The quantitative estimate of drug-likeness (QED) is 0.878. The van der Waals surface area contributed by atoms with Gasteiger partial charge in [-0.1, -0.05) is 30.3 Å². The molecule has 2 heterocycles. The minimum Gasteiger partial charge on any atom is -0.349 e. The number of hydrogen-bond donors (Lipinski definition) is 2. The lowest BCUT2D eigenvalue weighted by molar-refractivity contribution is -0.125. The highest BCUT2D eigenvalue weighted by Gasteiger charge is 2.30. The van der Waals surface area contributed by atoms with Crippen LogP contribution >= 0.6 is 0 Å². The second-order valence-corrected chi connectivity index (χ2v) is 5.41. The molecular formula is C16H20N4O. The van der Waals surface area contributed by atoms with Gasteiger partial charge in [-0.25, -0.2) is 0 Å². The molecule has 2 N–H and O–H groups in total. The molecule has 0 radical (unpaired) electrons. The first kappa shape index (κ1) is 13.8. The highest BCUT2D eigenvalue weighted by Crippen LogP contribution is 2.20. The molecule has 3 rings (SSSR count). The first-order chi connectivity index (χ1) is 10.3. The van der Waals surface area contributed by atoms with Crippen molar-refractivity contribution in [3.63, 3.8) is 0 Å². The molecule has 21 heavy (non-hydrogen) atoms. The maximum absolute atomic E-state index is 12.4. The average Bonchev–Trinajstić information content (AvgIpc) is 3.17. The van der Waals surface area contributed by atoms with Crippen molar-refractivity contribution < 1.29 is 4.79 Å². The summed E-state index contributed by atoms with van der Waals surface area (Å²) in [6.45, 7) is 2.33. The van der Waals surface area contributed by atoms with Gasteiger partial charge in [0.15, 0.2) is 0 Å². The van der Waals surface area contributed by atoms with Crippen LogP contribution in [0.4, 0.5) is 0 Å². The monoisotopic (exact) mass is 284 g/mol. The number of aromatic nitrogens is 2. The van der Waals surface area contributed by atoms with Crippen molar-refractivity contribution in [1.82, 2.24) is 20.4 Å². The average molecular weight is 284 g/mol. The third-order valence-electron chi connectivity index (χ3n) is 3.91. The normalized spacial score (nSPS) is 18.8. The van der Waals surface area contributed by atoms with E-state index in [1.54, 1.807) is 6.20 Å². The van der Waals surface area contributed by atoms with E-state index < -0.39 is 0 Å². The van der Waals surface area contributed by atoms with Crippen molar-refractivity contribution in [3.05, 3.63) is 53.9 Å². The summed E-state index contributed by atoms with van der Waals surface area (Å²) in [5.74, 6) is 0.109. The largest absolute Gasteiger partial charge is 0.349 e. The lowest BCUT2D eigenvalue weighted by atomic mass is 10.1. The van der Waals surface area contributed by atoms with E-state index in [-0.39, 0.29) is 11.9 Å². The Kier molecular flexibility index (Phi) is 4.31. The van der Waals surface area contributed by atoms with Gasteiger partial charge in [-0.15, -0.1) is 0 Å². The fourth-order valence-electron chi connectivity index (χ4n) is 2.81. The van der Waals surface area contributed by atoms with Crippen molar-refractivity contribution >= 4 is 5.91 Å². The summed E-state index contributed by atoms with van der Waals surface area (Å²) in [5, 5.41) is 9.73. The molecule has 1 atom stereocenters. The number of hydrogen-bond acceptors (Lipinski definition) is 3. The zero-order valence-corrected chi connectivity index (χ0v) is 12.0. The number of nitrogens with one attached hydrogen (secondary N) is 2. The molecule has 0 spiro atoms. The van der Waals surface area contributed by atoms with Crippen LogP contribution in [0.3, 0.4) is 0 Å². The van der Waals surface area contributed by atoms with Gasteiger partial charge >= 0.3 is 0 Å². The fourth-order valence-corrected chi connectivity index (χ4v) is 2.81. The zero-order valence-electron chi connectivity index (χ0n) is 12.0. The molecular weight excluding hydrogens is 264 g/mol. The number of rotatable bonds is 5. The molecule has 0 bridgehead atoms. The molecule has 1 aliphatic heterocycles. The summed E-state index contributed by atoms with van der Waals surface area (Å²) >= 11 is 0. The summed E-state index contributed by atoms with van der Waals surface area (Å²) in [5.41, 5.74) is 2.18. The van der Waals surface area contributed by atoms with E-state index in [1.807, 2.05) is 24.3 Å². The predicted molar refractivity (Wildman–Crippen MR) is 80.3 cm³/mol. The van der Waals surface area contributed by atoms with Crippen LogP contribution in [-0.2, 0) is 17.9 Å². The highest BCUT2D eigenvalue weighted by atomic mass is 16.2. The molecule has 110 valence electrons. The summed E-state index contributed by atoms with van der Waals surface area (Å²) < 4.78 is 0. The number of likely N-dealkylation sites (tertiary alicyclic amines) is 1. The lowest BCUT2D eigenvalue weighted by Crippen LogP contribution is -2.42. The highest BCUT2D eigenvalue weighted by molar-refractivity contribution is 5.81. The van der Waals surface area contributed by atoms with Crippen LogP contribution in [0.5, 0.6) is 0 Å². The Bertz CT molecular complexity index is 567. The number of aromatic amines is 1. The van der Waals surface area contributed by atoms with Gasteiger partial charge in [0.2, 0.25) is 5.91 Å². The van der Waals surface area contributed by atoms with E-state index >= 15 is 0 Å². The van der Waals surface area contributed by atoms with E-state index in [2.05, 4.69) is 32.5 Å². The third-order valence-corrected chi connectivity index (χ3v) is 3.91. The van der Waals surface area contributed by atoms with Gasteiger partial charge < -0.3 is 5.32 Å². The third kappa shape index (κ3) is 3.49. The zero-order chi connectivity index (χ0) is 14.5. The van der Waals surface area contributed by atoms with E-state index in [0.717, 1.165) is 31.6 Å². The number of carbonyl (C=O) groups is 1. The van der Waals surface area contributed by atoms with Gasteiger partial charge in [0.1, 0.15) is 0 Å². The molecule has 0 aliphatic carbocycles. The predicted octanol–water partition coefficient (Wildman–Crippen LogP) is 1.69. The van der Waals surface area contributed by atoms with E-state index in [1.165, 1.54) is 5.56 Å². The summed E-state index contributed by atoms with van der Waals surface area (Å²) in [7, 11) is 0. The molecule has 5 nitrogen and oxygen atoms in total. The van der Waals surface area contributed by atoms with E-state index in [9.17, 15) is 4.79 Å². The Hall–Kier alpha value is -2.14. The van der Waals surface area contributed by atoms with Crippen LogP contribution < -0.4 is 5.32 Å². The lowest BCUT2D eigenvalue weighted by Gasteiger charge is -2.23. The number of amides is 1. The van der Waals surface area contributed by atoms with Crippen molar-refractivity contribution in [3.8, 4) is 0 Å². The number of benzene rings is 1. The summed E-state index contributed by atoms with van der Waals surface area (Å²) in [6.07, 6.45) is 3.70. The molecule has 0 unspecified atom stereocenters. The molecule has 1 saturated heterocycles. The fraction of sp³-hybridized carbons (Fsp3) is 0.375. The molecule has 1 fully saturated rings. The maximum atomic E-state index is 12.4. The smallest absolute Gasteiger partial charge is 0.237 e. The summed E-state index contributed by atoms with van der Waals surface area (Å²) in [4.78, 5) is 14.6. The van der Waals surface area contributed by atoms with Crippen molar-refractivity contribution in [1.29, 1.82) is 0 Å². The molecule has 0 saturated carbocycles. The topological polar surface area (TPSA) is 61.0 Å². The Balaban J connectivity index is 1.57. The second kappa shape index (κ2) is 6.54. The van der Waals surface area contributed by atoms with Crippen LogP contribution in [0.1, 0.15) is 24.1 Å². The van der Waals surface area contributed by atoms with Gasteiger partial charge in [-0.2, -0.15) is 5.10 Å². The van der Waals surface area contributed by atoms with Gasteiger partial charge in [0, 0.05) is 12.7 Å². The number of nitrogens with zero attached hydrogens (tertiary/aromatic N) is 2. The van der Waals surface area contributed by atoms with Crippen molar-refractivity contribution in [2.24, 2.45) is 0 Å². The van der Waals surface area contributed by atoms with Crippen LogP contribution in [0.2, 0.25) is 0 Å². The van der Waals surface area contributed by atoms with Gasteiger partial charge in [-0.3, -0.25) is 14.8 Å². The molecule has 5 heteroatoms. The van der Waals surface area contributed by atoms with E-state index in [4.69, 9.17) is 0 Å². The standard InChI is InChI=1S/C16H20N4O/c21-16(17-11-14-8-9-18-19-14)15-7-4-10-20(15)12-13-5-2-1-3-6-13/h1-3,5-6,8-9,15H,4,7,10-12H2,(H,17,21)(H,18,19)/t15-/m0/s1. The molecule has 1 amide bonds. The Morgan fingerprint density at radius 3 is 2.95 bits per heavy atom. The van der Waals surface area contributed by atoms with Crippen LogP contribution in [0.15, 0.2) is 42.6 Å². The summed E-state index contributed by atoms with van der Waals surface area (Å²) in [6, 6.07) is 12.2.